The molecule has 0 radical (unpaired) electrons. The van der Waals surface area contributed by atoms with E-state index in [1.807, 2.05) is 5.32 Å². The Morgan fingerprint density at radius 2 is 1.79 bits per heavy atom. The van der Waals surface area contributed by atoms with Gasteiger partial charge in [0.2, 0.25) is 11.8 Å². The van der Waals surface area contributed by atoms with Crippen LogP contribution >= 0.6 is 0 Å². The van der Waals surface area contributed by atoms with Crippen molar-refractivity contribution in [1.29, 1.82) is 0 Å². The van der Waals surface area contributed by atoms with Gasteiger partial charge in [0, 0.05) is 24.1 Å². The summed E-state index contributed by atoms with van der Waals surface area (Å²) in [4.78, 5) is 50.1. The Kier molecular flexibility index (Phi) is 5.64. The maximum absolute atomic E-state index is 13.6. The average molecular weight is 463 g/mol. The van der Waals surface area contributed by atoms with Crippen LogP contribution in [0.4, 0.5) is 17.6 Å². The van der Waals surface area contributed by atoms with E-state index in [0.717, 1.165) is 24.3 Å². The zero-order valence-corrected chi connectivity index (χ0v) is 16.9. The third-order valence-electron chi connectivity index (χ3n) is 5.59. The SMILES string of the molecule is O=C1CC[C@@H](N2Cc3cc(C(=O)NC(c4ccc(F)cc4)C(F)(F)F)ccc3C2=O)C(=O)N1. The molecule has 33 heavy (non-hydrogen) atoms. The van der Waals surface area contributed by atoms with Crippen molar-refractivity contribution in [2.24, 2.45) is 0 Å². The largest absolute Gasteiger partial charge is 0.412 e. The number of nitrogens with zero attached hydrogens (tertiary/aromatic N) is 1. The molecule has 7 nitrogen and oxygen atoms in total. The molecule has 0 saturated carbocycles. The van der Waals surface area contributed by atoms with E-state index in [2.05, 4.69) is 5.32 Å². The summed E-state index contributed by atoms with van der Waals surface area (Å²) in [6.45, 7) is -0.0256. The lowest BCUT2D eigenvalue weighted by atomic mass is 10.0. The Morgan fingerprint density at radius 3 is 2.42 bits per heavy atom. The summed E-state index contributed by atoms with van der Waals surface area (Å²) in [6.07, 6.45) is -4.60. The fourth-order valence-electron chi connectivity index (χ4n) is 3.94. The molecular formula is C22H17F4N3O4. The van der Waals surface area contributed by atoms with Gasteiger partial charge in [-0.3, -0.25) is 24.5 Å². The monoisotopic (exact) mass is 463 g/mol. The normalized spacial score (nSPS) is 19.2. The number of benzene rings is 2. The van der Waals surface area contributed by atoms with Crippen LogP contribution in [0.5, 0.6) is 0 Å². The first kappa shape index (κ1) is 22.4. The number of hydrogen-bond acceptors (Lipinski definition) is 4. The lowest BCUT2D eigenvalue weighted by Crippen LogP contribution is -2.52. The number of carbonyl (C=O) groups is 4. The minimum atomic E-state index is -4.83. The number of halogens is 4. The van der Waals surface area contributed by atoms with Gasteiger partial charge in [0.1, 0.15) is 11.9 Å². The number of alkyl halides is 3. The fourth-order valence-corrected chi connectivity index (χ4v) is 3.94. The topological polar surface area (TPSA) is 95.6 Å². The summed E-state index contributed by atoms with van der Waals surface area (Å²) >= 11 is 0. The second-order valence-electron chi connectivity index (χ2n) is 7.77. The number of imide groups is 1. The average Bonchev–Trinajstić information content (AvgIpc) is 3.07. The molecule has 4 amide bonds. The molecule has 0 aliphatic carbocycles. The number of nitrogens with one attached hydrogen (secondary N) is 2. The van der Waals surface area contributed by atoms with Crippen molar-refractivity contribution >= 4 is 23.6 Å². The van der Waals surface area contributed by atoms with Crippen molar-refractivity contribution in [3.05, 3.63) is 70.5 Å². The molecule has 2 aliphatic rings. The quantitative estimate of drug-likeness (QED) is 0.538. The van der Waals surface area contributed by atoms with E-state index >= 15 is 0 Å². The van der Waals surface area contributed by atoms with Crippen molar-refractivity contribution in [3.63, 3.8) is 0 Å². The molecule has 4 rings (SSSR count). The number of piperidine rings is 1. The van der Waals surface area contributed by atoms with Gasteiger partial charge in [0.15, 0.2) is 6.04 Å². The van der Waals surface area contributed by atoms with Crippen LogP contribution in [0.25, 0.3) is 0 Å². The molecule has 0 bridgehead atoms. The van der Waals surface area contributed by atoms with Gasteiger partial charge in [-0.1, -0.05) is 12.1 Å². The van der Waals surface area contributed by atoms with E-state index in [0.29, 0.717) is 5.56 Å². The molecule has 1 saturated heterocycles. The first-order chi connectivity index (χ1) is 15.5. The van der Waals surface area contributed by atoms with Crippen molar-refractivity contribution in [1.82, 2.24) is 15.5 Å². The van der Waals surface area contributed by atoms with Crippen LogP contribution in [0.1, 0.15) is 50.7 Å². The van der Waals surface area contributed by atoms with Crippen LogP contribution in [0, 0.1) is 5.82 Å². The molecule has 0 spiro atoms. The molecule has 1 unspecified atom stereocenters. The van der Waals surface area contributed by atoms with Crippen LogP contribution in [0.2, 0.25) is 0 Å². The van der Waals surface area contributed by atoms with Gasteiger partial charge in [0.25, 0.3) is 11.8 Å². The van der Waals surface area contributed by atoms with Crippen molar-refractivity contribution in [3.8, 4) is 0 Å². The van der Waals surface area contributed by atoms with Gasteiger partial charge >= 0.3 is 6.18 Å². The van der Waals surface area contributed by atoms with Gasteiger partial charge in [-0.15, -0.1) is 0 Å². The predicted molar refractivity (Wildman–Crippen MR) is 105 cm³/mol. The molecule has 2 heterocycles. The lowest BCUT2D eigenvalue weighted by molar-refractivity contribution is -0.155. The standard InChI is InChI=1S/C22H17F4N3O4/c23-14-4-1-11(2-5-14)18(22(24,25)26)28-19(31)12-3-6-15-13(9-12)10-29(21(15)33)16-7-8-17(30)27-20(16)32/h1-6,9,16,18H,7-8,10H2,(H,28,31)(H,27,30,32)/t16-,18?/m1/s1. The summed E-state index contributed by atoms with van der Waals surface area (Å²) in [5.41, 5.74) is 0.158. The second-order valence-corrected chi connectivity index (χ2v) is 7.77. The van der Waals surface area contributed by atoms with Crippen LogP contribution in [-0.2, 0) is 16.1 Å². The van der Waals surface area contributed by atoms with E-state index in [1.54, 1.807) is 0 Å². The molecule has 2 aromatic carbocycles. The molecule has 172 valence electrons. The van der Waals surface area contributed by atoms with E-state index in [4.69, 9.17) is 0 Å². The summed E-state index contributed by atoms with van der Waals surface area (Å²) in [6, 6.07) is 4.23. The lowest BCUT2D eigenvalue weighted by Gasteiger charge is -2.29. The summed E-state index contributed by atoms with van der Waals surface area (Å²) in [5, 5.41) is 4.08. The van der Waals surface area contributed by atoms with E-state index < -0.39 is 47.7 Å². The summed E-state index contributed by atoms with van der Waals surface area (Å²) in [5.74, 6) is -3.24. The van der Waals surface area contributed by atoms with Gasteiger partial charge in [-0.25, -0.2) is 4.39 Å². The predicted octanol–water partition coefficient (Wildman–Crippen LogP) is 2.62. The Morgan fingerprint density at radius 1 is 1.09 bits per heavy atom. The smallest absolute Gasteiger partial charge is 0.337 e. The highest BCUT2D eigenvalue weighted by Gasteiger charge is 2.43. The van der Waals surface area contributed by atoms with Crippen LogP contribution in [0.15, 0.2) is 42.5 Å². The zero-order chi connectivity index (χ0) is 23.9. The highest BCUT2D eigenvalue weighted by molar-refractivity contribution is 6.06. The maximum Gasteiger partial charge on any atom is 0.412 e. The van der Waals surface area contributed by atoms with E-state index in [1.165, 1.54) is 23.1 Å². The molecule has 2 aliphatic heterocycles. The molecule has 0 aromatic heterocycles. The number of carbonyl (C=O) groups excluding carboxylic acids is 4. The van der Waals surface area contributed by atoms with Crippen molar-refractivity contribution in [2.45, 2.75) is 37.6 Å². The molecule has 2 N–H and O–H groups in total. The Hall–Kier alpha value is -3.76. The second kappa shape index (κ2) is 8.30. The highest BCUT2D eigenvalue weighted by atomic mass is 19.4. The van der Waals surface area contributed by atoms with Crippen molar-refractivity contribution in [2.75, 3.05) is 0 Å². The Labute approximate surface area is 184 Å². The zero-order valence-electron chi connectivity index (χ0n) is 16.9. The third-order valence-corrected chi connectivity index (χ3v) is 5.59. The third kappa shape index (κ3) is 4.43. The van der Waals surface area contributed by atoms with E-state index in [-0.39, 0.29) is 36.1 Å². The molecule has 2 atom stereocenters. The fraction of sp³-hybridized carbons (Fsp3) is 0.273. The Balaban J connectivity index is 1.54. The Bertz CT molecular complexity index is 1150. The maximum atomic E-state index is 13.6. The molecule has 11 heteroatoms. The first-order valence-corrected chi connectivity index (χ1v) is 9.95. The van der Waals surface area contributed by atoms with E-state index in [9.17, 15) is 36.7 Å². The molecule has 2 aromatic rings. The minimum Gasteiger partial charge on any atom is -0.337 e. The number of hydrogen-bond donors (Lipinski definition) is 2. The van der Waals surface area contributed by atoms with Gasteiger partial charge in [-0.2, -0.15) is 13.2 Å². The van der Waals surface area contributed by atoms with Crippen LogP contribution < -0.4 is 10.6 Å². The number of amides is 4. The van der Waals surface area contributed by atoms with Gasteiger partial charge < -0.3 is 10.2 Å². The number of fused-ring (bicyclic) bond motifs is 1. The minimum absolute atomic E-state index is 0.0256. The molecular weight excluding hydrogens is 446 g/mol. The van der Waals surface area contributed by atoms with Crippen LogP contribution in [0.3, 0.4) is 0 Å². The summed E-state index contributed by atoms with van der Waals surface area (Å²) < 4.78 is 53.8. The number of rotatable bonds is 4. The van der Waals surface area contributed by atoms with Gasteiger partial charge in [0.05, 0.1) is 0 Å². The highest BCUT2D eigenvalue weighted by Crippen LogP contribution is 2.33. The molecule has 1 fully saturated rings. The first-order valence-electron chi connectivity index (χ1n) is 9.95. The summed E-state index contributed by atoms with van der Waals surface area (Å²) in [7, 11) is 0. The van der Waals surface area contributed by atoms with Gasteiger partial charge in [-0.05, 0) is 47.9 Å². The van der Waals surface area contributed by atoms with Crippen LogP contribution in [-0.4, -0.2) is 40.7 Å². The van der Waals surface area contributed by atoms with Crippen molar-refractivity contribution < 1.29 is 36.7 Å².